The van der Waals surface area contributed by atoms with Gasteiger partial charge in [-0.25, -0.2) is 0 Å². The van der Waals surface area contributed by atoms with E-state index in [2.05, 4.69) is 10.6 Å². The van der Waals surface area contributed by atoms with E-state index < -0.39 is 30.3 Å². The molecule has 12 nitrogen and oxygen atoms in total. The molecule has 208 valence electrons. The number of nitrogens with two attached hydrogens (primary N) is 2. The summed E-state index contributed by atoms with van der Waals surface area (Å²) in [5.41, 5.74) is 11.7. The van der Waals surface area contributed by atoms with Crippen LogP contribution in [-0.4, -0.2) is 61.1 Å². The van der Waals surface area contributed by atoms with Crippen molar-refractivity contribution in [2.45, 2.75) is 94.8 Å². The number of hydrogen-bond acceptors (Lipinski definition) is 12. The van der Waals surface area contributed by atoms with Crippen molar-refractivity contribution in [1.82, 2.24) is 10.6 Å². The second kappa shape index (κ2) is 23.5. The van der Waals surface area contributed by atoms with Gasteiger partial charge in [0.15, 0.2) is 0 Å². The SMILES string of the molecule is N[C@@H]1CCCC[C@H]1NCCC(=O)[O-].N[C@@H]1CCCC[C@H]1NCCC(=O)[O-].O=C([O-])CC(=O)[O-].[Pt+2].[Pt+2]. The van der Waals surface area contributed by atoms with Crippen LogP contribution in [0.3, 0.4) is 0 Å². The third kappa shape index (κ3) is 23.3. The molecule has 2 fully saturated rings. The average Bonchev–Trinajstić information content (AvgIpc) is 2.70. The summed E-state index contributed by atoms with van der Waals surface area (Å²) in [6, 6.07) is 0.979. The molecule has 2 rings (SSSR count). The summed E-state index contributed by atoms with van der Waals surface area (Å²) in [7, 11) is 0. The monoisotopic (exact) mass is 862 g/mol. The van der Waals surface area contributed by atoms with Crippen LogP contribution in [0, 0.1) is 0 Å². The normalized spacial score (nSPS) is 22.9. The molecule has 0 amide bonds. The first-order valence-electron chi connectivity index (χ1n) is 11.3. The Hall–Kier alpha value is -0.903. The zero-order chi connectivity index (χ0) is 25.2. The van der Waals surface area contributed by atoms with E-state index >= 15 is 0 Å². The summed E-state index contributed by atoms with van der Waals surface area (Å²) in [5.74, 6) is -5.26. The van der Waals surface area contributed by atoms with Crippen LogP contribution in [-0.2, 0) is 61.3 Å². The molecule has 0 spiro atoms. The van der Waals surface area contributed by atoms with E-state index in [1.54, 1.807) is 0 Å². The number of rotatable bonds is 10. The van der Waals surface area contributed by atoms with Crippen LogP contribution in [0.2, 0.25) is 0 Å². The average molecular weight is 863 g/mol. The van der Waals surface area contributed by atoms with E-state index in [1.807, 2.05) is 0 Å². The minimum atomic E-state index is -1.63. The second-order valence-electron chi connectivity index (χ2n) is 8.18. The van der Waals surface area contributed by atoms with Crippen LogP contribution >= 0.6 is 0 Å². The van der Waals surface area contributed by atoms with Gasteiger partial charge in [-0.05, 0) is 38.5 Å². The van der Waals surface area contributed by atoms with Crippen molar-refractivity contribution in [2.75, 3.05) is 13.1 Å². The molecule has 2 aliphatic rings. The summed E-state index contributed by atoms with van der Waals surface area (Å²) >= 11 is 0. The van der Waals surface area contributed by atoms with Gasteiger partial charge in [-0.1, -0.05) is 25.7 Å². The Bertz CT molecular complexity index is 566. The van der Waals surface area contributed by atoms with Crippen LogP contribution in [0.15, 0.2) is 0 Å². The molecule has 0 radical (unpaired) electrons. The fourth-order valence-corrected chi connectivity index (χ4v) is 3.66. The smallest absolute Gasteiger partial charge is 0.550 e. The molecule has 6 N–H and O–H groups in total. The summed E-state index contributed by atoms with van der Waals surface area (Å²) < 4.78 is 0. The molecule has 0 unspecified atom stereocenters. The zero-order valence-corrected chi connectivity index (χ0v) is 24.1. The molecule has 2 saturated carbocycles. The van der Waals surface area contributed by atoms with Gasteiger partial charge in [0.25, 0.3) is 0 Å². The van der Waals surface area contributed by atoms with Crippen molar-refractivity contribution in [1.29, 1.82) is 0 Å². The van der Waals surface area contributed by atoms with Gasteiger partial charge in [-0.15, -0.1) is 0 Å². The summed E-state index contributed by atoms with van der Waals surface area (Å²) in [6.45, 7) is 0.946. The van der Waals surface area contributed by atoms with Crippen molar-refractivity contribution in [3.05, 3.63) is 0 Å². The van der Waals surface area contributed by atoms with Crippen LogP contribution in [0.1, 0.15) is 70.6 Å². The largest absolute Gasteiger partial charge is 2.00 e. The summed E-state index contributed by atoms with van der Waals surface area (Å²) in [4.78, 5) is 38.8. The molecule has 0 aliphatic heterocycles. The predicted octanol–water partition coefficient (Wildman–Crippen LogP) is -5.16. The molecule has 2 aliphatic carbocycles. The maximum absolute atomic E-state index is 10.1. The minimum absolute atomic E-state index is 0. The predicted molar refractivity (Wildman–Crippen MR) is 110 cm³/mol. The van der Waals surface area contributed by atoms with Gasteiger partial charge in [0.2, 0.25) is 0 Å². The minimum Gasteiger partial charge on any atom is -0.550 e. The standard InChI is InChI=1S/2C9H18N2O2.C3H4O4.2Pt/c2*10-7-3-1-2-4-8(7)11-6-5-9(12)13;4-2(5)1-3(6)7;;/h2*7-8,11H,1-6,10H2,(H,12,13);1H2,(H,4,5)(H,6,7);;/q;;;2*+2/p-4/t2*7-,8-;;;/m11.../s1. The first-order chi connectivity index (χ1) is 15.5. The Labute approximate surface area is 234 Å². The quantitative estimate of drug-likeness (QED) is 0.151. The van der Waals surface area contributed by atoms with Gasteiger partial charge >= 0.3 is 42.1 Å². The van der Waals surface area contributed by atoms with E-state index in [9.17, 15) is 39.6 Å². The Balaban J connectivity index is -0.000000447. The van der Waals surface area contributed by atoms with Crippen molar-refractivity contribution >= 4 is 23.9 Å². The molecular weight excluding hydrogens is 826 g/mol. The fourth-order valence-electron chi connectivity index (χ4n) is 3.66. The first-order valence-corrected chi connectivity index (χ1v) is 11.3. The molecule has 4 atom stereocenters. The molecule has 0 bridgehead atoms. The van der Waals surface area contributed by atoms with E-state index in [-0.39, 0.29) is 67.1 Å². The van der Waals surface area contributed by atoms with Gasteiger partial charge in [0.05, 0.1) is 0 Å². The van der Waals surface area contributed by atoms with Crippen molar-refractivity contribution < 1.29 is 81.7 Å². The maximum atomic E-state index is 10.1. The van der Waals surface area contributed by atoms with Crippen LogP contribution in [0.25, 0.3) is 0 Å². The molecule has 35 heavy (non-hydrogen) atoms. The number of carbonyl (C=O) groups excluding carboxylic acids is 4. The fraction of sp³-hybridized carbons (Fsp3) is 0.810. The molecule has 0 aromatic carbocycles. The van der Waals surface area contributed by atoms with Crippen molar-refractivity contribution in [3.63, 3.8) is 0 Å². The maximum Gasteiger partial charge on any atom is 2.00 e. The van der Waals surface area contributed by atoms with Crippen molar-refractivity contribution in [3.8, 4) is 0 Å². The number of carboxylic acids is 4. The van der Waals surface area contributed by atoms with Gasteiger partial charge < -0.3 is 61.7 Å². The van der Waals surface area contributed by atoms with Crippen LogP contribution in [0.5, 0.6) is 0 Å². The van der Waals surface area contributed by atoms with Gasteiger partial charge in [0.1, 0.15) is 0 Å². The topological polar surface area (TPSA) is 237 Å². The Morgan fingerprint density at radius 2 is 0.914 bits per heavy atom. The van der Waals surface area contributed by atoms with Crippen molar-refractivity contribution in [2.24, 2.45) is 11.5 Å². The Kier molecular flexibility index (Phi) is 25.9. The molecule has 0 heterocycles. The second-order valence-corrected chi connectivity index (χ2v) is 8.18. The van der Waals surface area contributed by atoms with E-state index in [0.29, 0.717) is 25.2 Å². The molecule has 0 saturated heterocycles. The first kappa shape index (κ1) is 38.6. The van der Waals surface area contributed by atoms with E-state index in [4.69, 9.17) is 11.5 Å². The molecular formula is C21H36N4O8Pt2. The number of hydrogen-bond donors (Lipinski definition) is 4. The van der Waals surface area contributed by atoms with E-state index in [0.717, 1.165) is 25.7 Å². The Morgan fingerprint density at radius 1 is 0.600 bits per heavy atom. The molecule has 0 aromatic heterocycles. The van der Waals surface area contributed by atoms with Gasteiger partial charge in [-0.3, -0.25) is 0 Å². The Morgan fingerprint density at radius 3 is 1.14 bits per heavy atom. The summed E-state index contributed by atoms with van der Waals surface area (Å²) in [5, 5.41) is 45.1. The molecule has 14 heteroatoms. The van der Waals surface area contributed by atoms with Crippen LogP contribution in [0.4, 0.5) is 0 Å². The third-order valence-electron chi connectivity index (χ3n) is 5.40. The number of aliphatic carboxylic acids is 4. The molecule has 0 aromatic rings. The van der Waals surface area contributed by atoms with E-state index in [1.165, 1.54) is 25.7 Å². The number of carbonyl (C=O) groups is 4. The third-order valence-corrected chi connectivity index (χ3v) is 5.40. The van der Waals surface area contributed by atoms with Gasteiger partial charge in [-0.2, -0.15) is 0 Å². The van der Waals surface area contributed by atoms with Crippen LogP contribution < -0.4 is 42.5 Å². The zero-order valence-electron chi connectivity index (χ0n) is 19.6. The summed E-state index contributed by atoms with van der Waals surface area (Å²) in [6.07, 6.45) is 8.11. The number of nitrogens with one attached hydrogen (secondary N) is 2. The van der Waals surface area contributed by atoms with Gasteiger partial charge in [0, 0.05) is 67.6 Å². The number of carboxylic acid groups (broad SMARTS) is 4.